The van der Waals surface area contributed by atoms with E-state index in [1.807, 2.05) is 6.07 Å². The van der Waals surface area contributed by atoms with Crippen LogP contribution in [0.4, 0.5) is 17.3 Å². The second-order valence-electron chi connectivity index (χ2n) is 7.60. The highest BCUT2D eigenvalue weighted by Gasteiger charge is 2.21. The van der Waals surface area contributed by atoms with Gasteiger partial charge in [0.2, 0.25) is 11.9 Å². The van der Waals surface area contributed by atoms with E-state index >= 15 is 0 Å². The molecule has 0 unspecified atom stereocenters. The minimum atomic E-state index is -0.105. The zero-order valence-electron chi connectivity index (χ0n) is 16.9. The van der Waals surface area contributed by atoms with Crippen LogP contribution in [0.15, 0.2) is 48.7 Å². The van der Waals surface area contributed by atoms with Gasteiger partial charge in [-0.2, -0.15) is 0 Å². The average Bonchev–Trinajstić information content (AvgIpc) is 2.93. The van der Waals surface area contributed by atoms with Crippen molar-refractivity contribution in [1.82, 2.24) is 9.97 Å². The highest BCUT2D eigenvalue weighted by Crippen LogP contribution is 2.34. The first-order valence-electron chi connectivity index (χ1n) is 10.3. The molecule has 0 atom stereocenters. The summed E-state index contributed by atoms with van der Waals surface area (Å²) >= 11 is 6.11. The molecule has 2 aromatic carbocycles. The van der Waals surface area contributed by atoms with Gasteiger partial charge in [0.05, 0.1) is 31.0 Å². The number of morpholine rings is 1. The van der Waals surface area contributed by atoms with E-state index in [9.17, 15) is 4.79 Å². The summed E-state index contributed by atoms with van der Waals surface area (Å²) in [6, 6.07) is 13.9. The van der Waals surface area contributed by atoms with Crippen molar-refractivity contribution in [2.45, 2.75) is 13.0 Å². The molecule has 158 valence electrons. The number of fused-ring (bicyclic) bond motifs is 3. The van der Waals surface area contributed by atoms with Crippen molar-refractivity contribution in [2.24, 2.45) is 0 Å². The number of aromatic nitrogens is 2. The van der Waals surface area contributed by atoms with Crippen LogP contribution in [0.3, 0.4) is 0 Å². The molecule has 2 aliphatic heterocycles. The molecule has 2 N–H and O–H groups in total. The zero-order valence-corrected chi connectivity index (χ0v) is 17.7. The first-order valence-corrected chi connectivity index (χ1v) is 10.6. The predicted molar refractivity (Wildman–Crippen MR) is 122 cm³/mol. The molecule has 0 spiro atoms. The topological polar surface area (TPSA) is 79.4 Å². The zero-order chi connectivity index (χ0) is 21.2. The summed E-state index contributed by atoms with van der Waals surface area (Å²) < 4.78 is 5.42. The Kier molecular flexibility index (Phi) is 5.44. The third kappa shape index (κ3) is 4.33. The average molecular weight is 436 g/mol. The molecule has 5 rings (SSSR count). The molecule has 31 heavy (non-hydrogen) atoms. The lowest BCUT2D eigenvalue weighted by Gasteiger charge is -2.28. The lowest BCUT2D eigenvalue weighted by Crippen LogP contribution is -2.36. The summed E-state index contributed by atoms with van der Waals surface area (Å²) in [6.07, 6.45) is 1.94. The van der Waals surface area contributed by atoms with Crippen LogP contribution in [0.5, 0.6) is 0 Å². The maximum Gasteiger partial charge on any atom is 0.228 e. The third-order valence-electron chi connectivity index (χ3n) is 5.49. The van der Waals surface area contributed by atoms with Crippen LogP contribution >= 0.6 is 11.6 Å². The van der Waals surface area contributed by atoms with Gasteiger partial charge in [0.25, 0.3) is 0 Å². The van der Waals surface area contributed by atoms with Crippen molar-refractivity contribution in [3.05, 3.63) is 64.8 Å². The Hall–Kier alpha value is -3.16. The third-order valence-corrected chi connectivity index (χ3v) is 5.72. The van der Waals surface area contributed by atoms with Gasteiger partial charge in [0.1, 0.15) is 0 Å². The molecule has 3 heterocycles. The minimum Gasteiger partial charge on any atom is -0.378 e. The van der Waals surface area contributed by atoms with E-state index in [1.165, 1.54) is 5.69 Å². The summed E-state index contributed by atoms with van der Waals surface area (Å²) in [5.41, 5.74) is 5.38. The van der Waals surface area contributed by atoms with Crippen molar-refractivity contribution < 1.29 is 9.53 Å². The summed E-state index contributed by atoms with van der Waals surface area (Å²) in [6.45, 7) is 3.99. The Morgan fingerprint density at radius 1 is 1.13 bits per heavy atom. The highest BCUT2D eigenvalue weighted by atomic mass is 35.5. The Balaban J connectivity index is 1.33. The smallest absolute Gasteiger partial charge is 0.228 e. The monoisotopic (exact) mass is 435 g/mol. The Bertz CT molecular complexity index is 1110. The largest absolute Gasteiger partial charge is 0.378 e. The molecule has 3 aromatic rings. The quantitative estimate of drug-likeness (QED) is 0.650. The number of hydrogen-bond donors (Lipinski definition) is 2. The van der Waals surface area contributed by atoms with Crippen LogP contribution in [-0.4, -0.2) is 42.2 Å². The molecule has 1 aromatic heterocycles. The summed E-state index contributed by atoms with van der Waals surface area (Å²) in [5, 5.41) is 6.76. The van der Waals surface area contributed by atoms with Gasteiger partial charge in [-0.25, -0.2) is 9.97 Å². The Morgan fingerprint density at radius 2 is 1.94 bits per heavy atom. The number of carbonyl (C=O) groups is 1. The van der Waals surface area contributed by atoms with E-state index < -0.39 is 0 Å². The number of ether oxygens (including phenoxy) is 1. The molecule has 8 heteroatoms. The second-order valence-corrected chi connectivity index (χ2v) is 8.04. The SMILES string of the molecule is O=C1Cc2cnc(NCc3ccc(N4CCOCC4)cc3)nc2-c2ccc(Cl)cc2N1. The fourth-order valence-corrected chi connectivity index (χ4v) is 4.05. The van der Waals surface area contributed by atoms with Crippen molar-refractivity contribution in [3.8, 4) is 11.3 Å². The molecule has 1 amide bonds. The van der Waals surface area contributed by atoms with E-state index in [2.05, 4.69) is 44.8 Å². The van der Waals surface area contributed by atoms with Gasteiger partial charge >= 0.3 is 0 Å². The van der Waals surface area contributed by atoms with Gasteiger partial charge in [0, 0.05) is 47.7 Å². The van der Waals surface area contributed by atoms with E-state index in [0.29, 0.717) is 23.2 Å². The van der Waals surface area contributed by atoms with Gasteiger partial charge < -0.3 is 20.3 Å². The normalized spacial score (nSPS) is 15.5. The molecule has 0 radical (unpaired) electrons. The number of amides is 1. The number of hydrogen-bond acceptors (Lipinski definition) is 6. The molecule has 7 nitrogen and oxygen atoms in total. The fraction of sp³-hybridized carbons (Fsp3) is 0.261. The van der Waals surface area contributed by atoms with Crippen LogP contribution in [0.2, 0.25) is 5.02 Å². The molecule has 0 saturated carbocycles. The van der Waals surface area contributed by atoms with Crippen LogP contribution in [0.25, 0.3) is 11.3 Å². The van der Waals surface area contributed by atoms with Crippen molar-refractivity contribution in [2.75, 3.05) is 41.8 Å². The van der Waals surface area contributed by atoms with Crippen molar-refractivity contribution >= 4 is 34.8 Å². The Labute approximate surface area is 185 Å². The number of halogens is 1. The van der Waals surface area contributed by atoms with Gasteiger partial charge in [-0.1, -0.05) is 23.7 Å². The maximum absolute atomic E-state index is 12.2. The van der Waals surface area contributed by atoms with Gasteiger partial charge in [-0.15, -0.1) is 0 Å². The van der Waals surface area contributed by atoms with E-state index in [-0.39, 0.29) is 12.3 Å². The molecular formula is C23H22ClN5O2. The molecule has 1 fully saturated rings. The van der Waals surface area contributed by atoms with Gasteiger partial charge in [0.15, 0.2) is 0 Å². The van der Waals surface area contributed by atoms with Crippen LogP contribution in [-0.2, 0) is 22.5 Å². The second kappa shape index (κ2) is 8.53. The lowest BCUT2D eigenvalue weighted by molar-refractivity contribution is -0.115. The number of anilines is 3. The number of nitrogens with zero attached hydrogens (tertiary/aromatic N) is 3. The molecule has 0 aliphatic carbocycles. The summed E-state index contributed by atoms with van der Waals surface area (Å²) in [4.78, 5) is 23.7. The minimum absolute atomic E-state index is 0.105. The van der Waals surface area contributed by atoms with E-state index in [0.717, 1.165) is 48.7 Å². The first-order chi connectivity index (χ1) is 15.2. The fourth-order valence-electron chi connectivity index (χ4n) is 3.88. The standard InChI is InChI=1S/C23H22ClN5O2/c24-17-3-6-19-20(12-17)27-21(30)11-16-14-26-23(28-22(16)19)25-13-15-1-4-18(5-2-15)29-7-9-31-10-8-29/h1-6,12,14H,7-11,13H2,(H,27,30)(H,25,26,28). The van der Waals surface area contributed by atoms with Gasteiger partial charge in [-0.05, 0) is 35.9 Å². The number of carbonyl (C=O) groups excluding carboxylic acids is 1. The van der Waals surface area contributed by atoms with E-state index in [1.54, 1.807) is 18.3 Å². The van der Waals surface area contributed by atoms with Crippen LogP contribution in [0, 0.1) is 0 Å². The molecule has 2 aliphatic rings. The highest BCUT2D eigenvalue weighted by molar-refractivity contribution is 6.31. The molecule has 0 bridgehead atoms. The predicted octanol–water partition coefficient (Wildman–Crippen LogP) is 3.74. The van der Waals surface area contributed by atoms with Crippen molar-refractivity contribution in [1.29, 1.82) is 0 Å². The number of benzene rings is 2. The molecule has 1 saturated heterocycles. The number of nitrogens with one attached hydrogen (secondary N) is 2. The summed E-state index contributed by atoms with van der Waals surface area (Å²) in [5.74, 6) is 0.415. The number of rotatable bonds is 4. The van der Waals surface area contributed by atoms with Crippen molar-refractivity contribution in [3.63, 3.8) is 0 Å². The Morgan fingerprint density at radius 3 is 2.74 bits per heavy atom. The first kappa shape index (κ1) is 19.8. The van der Waals surface area contributed by atoms with Crippen LogP contribution in [0.1, 0.15) is 11.1 Å². The molecular weight excluding hydrogens is 414 g/mol. The van der Waals surface area contributed by atoms with Crippen LogP contribution < -0.4 is 15.5 Å². The maximum atomic E-state index is 12.2. The van der Waals surface area contributed by atoms with Gasteiger partial charge in [-0.3, -0.25) is 4.79 Å². The summed E-state index contributed by atoms with van der Waals surface area (Å²) in [7, 11) is 0. The lowest BCUT2D eigenvalue weighted by atomic mass is 10.1. The van der Waals surface area contributed by atoms with E-state index in [4.69, 9.17) is 21.3 Å².